The SMILES string of the molecule is CCCC[C@H]1CN(CCc2ccc(OC)c(OC)c2)CC[C@H]1N. The molecule has 0 aromatic heterocycles. The van der Waals surface area contributed by atoms with Gasteiger partial charge in [-0.1, -0.05) is 25.8 Å². The fraction of sp³-hybridized carbons (Fsp3) is 0.684. The summed E-state index contributed by atoms with van der Waals surface area (Å²) in [5, 5.41) is 0. The zero-order chi connectivity index (χ0) is 16.7. The van der Waals surface area contributed by atoms with Gasteiger partial charge in [-0.25, -0.2) is 0 Å². The summed E-state index contributed by atoms with van der Waals surface area (Å²) >= 11 is 0. The van der Waals surface area contributed by atoms with Gasteiger partial charge in [-0.2, -0.15) is 0 Å². The van der Waals surface area contributed by atoms with Crippen molar-refractivity contribution < 1.29 is 9.47 Å². The predicted molar refractivity (Wildman–Crippen MR) is 95.3 cm³/mol. The van der Waals surface area contributed by atoms with E-state index in [4.69, 9.17) is 15.2 Å². The lowest BCUT2D eigenvalue weighted by atomic mass is 9.88. The maximum absolute atomic E-state index is 6.30. The Kier molecular flexibility index (Phi) is 7.18. The Morgan fingerprint density at radius 3 is 2.70 bits per heavy atom. The minimum Gasteiger partial charge on any atom is -0.493 e. The summed E-state index contributed by atoms with van der Waals surface area (Å²) in [6.07, 6.45) is 5.98. The highest BCUT2D eigenvalue weighted by Crippen LogP contribution is 2.28. The van der Waals surface area contributed by atoms with Gasteiger partial charge in [0.05, 0.1) is 14.2 Å². The Morgan fingerprint density at radius 2 is 2.00 bits per heavy atom. The predicted octanol–water partition coefficient (Wildman–Crippen LogP) is 3.09. The van der Waals surface area contributed by atoms with E-state index in [1.165, 1.54) is 24.8 Å². The van der Waals surface area contributed by atoms with Gasteiger partial charge in [0.2, 0.25) is 0 Å². The number of rotatable bonds is 8. The highest BCUT2D eigenvalue weighted by molar-refractivity contribution is 5.42. The third-order valence-electron chi connectivity index (χ3n) is 4.97. The number of nitrogens with two attached hydrogens (primary N) is 1. The van der Waals surface area contributed by atoms with E-state index < -0.39 is 0 Å². The van der Waals surface area contributed by atoms with Gasteiger partial charge in [0, 0.05) is 19.1 Å². The Balaban J connectivity index is 1.87. The number of hydrogen-bond donors (Lipinski definition) is 1. The van der Waals surface area contributed by atoms with Crippen LogP contribution < -0.4 is 15.2 Å². The van der Waals surface area contributed by atoms with E-state index in [2.05, 4.69) is 24.0 Å². The summed E-state index contributed by atoms with van der Waals surface area (Å²) in [6, 6.07) is 6.60. The number of benzene rings is 1. The van der Waals surface area contributed by atoms with Gasteiger partial charge in [0.15, 0.2) is 11.5 Å². The van der Waals surface area contributed by atoms with E-state index in [9.17, 15) is 0 Å². The topological polar surface area (TPSA) is 47.7 Å². The minimum atomic E-state index is 0.388. The maximum atomic E-state index is 6.30. The maximum Gasteiger partial charge on any atom is 0.160 e. The van der Waals surface area contributed by atoms with Crippen LogP contribution in [0.15, 0.2) is 18.2 Å². The number of piperidine rings is 1. The fourth-order valence-corrected chi connectivity index (χ4v) is 3.42. The zero-order valence-electron chi connectivity index (χ0n) is 14.9. The summed E-state index contributed by atoms with van der Waals surface area (Å²) in [7, 11) is 3.36. The van der Waals surface area contributed by atoms with Gasteiger partial charge in [-0.05, 0) is 49.4 Å². The molecular formula is C19H32N2O2. The molecule has 1 heterocycles. The van der Waals surface area contributed by atoms with E-state index in [1.54, 1.807) is 14.2 Å². The fourth-order valence-electron chi connectivity index (χ4n) is 3.42. The molecule has 0 unspecified atom stereocenters. The molecule has 2 N–H and O–H groups in total. The third kappa shape index (κ3) is 5.11. The summed E-state index contributed by atoms with van der Waals surface area (Å²) in [5.74, 6) is 2.26. The van der Waals surface area contributed by atoms with Crippen LogP contribution in [0.5, 0.6) is 11.5 Å². The van der Waals surface area contributed by atoms with Gasteiger partial charge in [0.25, 0.3) is 0 Å². The molecule has 0 saturated carbocycles. The number of nitrogens with zero attached hydrogens (tertiary/aromatic N) is 1. The molecule has 2 atom stereocenters. The lowest BCUT2D eigenvalue weighted by Gasteiger charge is -2.37. The average molecular weight is 320 g/mol. The largest absolute Gasteiger partial charge is 0.493 e. The highest BCUT2D eigenvalue weighted by Gasteiger charge is 2.25. The quantitative estimate of drug-likeness (QED) is 0.799. The lowest BCUT2D eigenvalue weighted by Crippen LogP contribution is -2.47. The van der Waals surface area contributed by atoms with E-state index in [0.717, 1.165) is 44.0 Å². The number of ether oxygens (including phenoxy) is 2. The second kappa shape index (κ2) is 9.14. The van der Waals surface area contributed by atoms with Gasteiger partial charge in [-0.15, -0.1) is 0 Å². The molecule has 1 aliphatic rings. The molecule has 0 bridgehead atoms. The molecule has 1 aromatic rings. The Morgan fingerprint density at radius 1 is 1.22 bits per heavy atom. The normalized spacial score (nSPS) is 22.1. The molecule has 1 aliphatic heterocycles. The number of unbranched alkanes of at least 4 members (excludes halogenated alkanes) is 1. The molecule has 2 rings (SSSR count). The Hall–Kier alpha value is -1.26. The second-order valence-electron chi connectivity index (χ2n) is 6.59. The molecule has 4 nitrogen and oxygen atoms in total. The van der Waals surface area contributed by atoms with Crippen LogP contribution in [0.1, 0.15) is 38.2 Å². The number of likely N-dealkylation sites (tertiary alicyclic amines) is 1. The van der Waals surface area contributed by atoms with Crippen molar-refractivity contribution in [3.63, 3.8) is 0 Å². The van der Waals surface area contributed by atoms with Crippen LogP contribution in [0.2, 0.25) is 0 Å². The highest BCUT2D eigenvalue weighted by atomic mass is 16.5. The van der Waals surface area contributed by atoms with Crippen LogP contribution in [0.3, 0.4) is 0 Å². The second-order valence-corrected chi connectivity index (χ2v) is 6.59. The molecule has 1 aromatic carbocycles. The summed E-state index contributed by atoms with van der Waals surface area (Å²) in [5.41, 5.74) is 7.60. The van der Waals surface area contributed by atoms with Crippen molar-refractivity contribution in [3.05, 3.63) is 23.8 Å². The van der Waals surface area contributed by atoms with Crippen molar-refractivity contribution in [2.45, 2.75) is 45.1 Å². The van der Waals surface area contributed by atoms with Gasteiger partial charge >= 0.3 is 0 Å². The zero-order valence-corrected chi connectivity index (χ0v) is 14.9. The molecular weight excluding hydrogens is 288 g/mol. The summed E-state index contributed by atoms with van der Waals surface area (Å²) in [6.45, 7) is 5.61. The standard InChI is InChI=1S/C19H32N2O2/c1-4-5-6-16-14-21(12-10-17(16)20)11-9-15-7-8-18(22-2)19(13-15)23-3/h7-8,13,16-17H,4-6,9-12,14,20H2,1-3H3/t16-,17+/m0/s1. The minimum absolute atomic E-state index is 0.388. The monoisotopic (exact) mass is 320 g/mol. The molecule has 1 saturated heterocycles. The Labute approximate surface area is 140 Å². The average Bonchev–Trinajstić information content (AvgIpc) is 2.59. The van der Waals surface area contributed by atoms with Crippen LogP contribution >= 0.6 is 0 Å². The number of hydrogen-bond acceptors (Lipinski definition) is 4. The van der Waals surface area contributed by atoms with Crippen LogP contribution in [0, 0.1) is 5.92 Å². The van der Waals surface area contributed by atoms with E-state index in [-0.39, 0.29) is 0 Å². The van der Waals surface area contributed by atoms with Crippen molar-refractivity contribution >= 4 is 0 Å². The van der Waals surface area contributed by atoms with Crippen LogP contribution in [-0.4, -0.2) is 44.8 Å². The van der Waals surface area contributed by atoms with Gasteiger partial charge in [-0.3, -0.25) is 0 Å². The van der Waals surface area contributed by atoms with Crippen molar-refractivity contribution in [1.82, 2.24) is 4.90 Å². The van der Waals surface area contributed by atoms with E-state index in [0.29, 0.717) is 12.0 Å². The summed E-state index contributed by atoms with van der Waals surface area (Å²) in [4.78, 5) is 2.57. The van der Waals surface area contributed by atoms with Crippen molar-refractivity contribution in [2.24, 2.45) is 11.7 Å². The van der Waals surface area contributed by atoms with Gasteiger partial charge in [0.1, 0.15) is 0 Å². The van der Waals surface area contributed by atoms with Crippen molar-refractivity contribution in [2.75, 3.05) is 33.9 Å². The van der Waals surface area contributed by atoms with Crippen molar-refractivity contribution in [1.29, 1.82) is 0 Å². The first-order chi connectivity index (χ1) is 11.2. The lowest BCUT2D eigenvalue weighted by molar-refractivity contribution is 0.148. The summed E-state index contributed by atoms with van der Waals surface area (Å²) < 4.78 is 10.7. The molecule has 0 spiro atoms. The van der Waals surface area contributed by atoms with Crippen LogP contribution in [-0.2, 0) is 6.42 Å². The van der Waals surface area contributed by atoms with Crippen molar-refractivity contribution in [3.8, 4) is 11.5 Å². The molecule has 130 valence electrons. The van der Waals surface area contributed by atoms with Crippen LogP contribution in [0.4, 0.5) is 0 Å². The van der Waals surface area contributed by atoms with E-state index in [1.807, 2.05) is 6.07 Å². The van der Waals surface area contributed by atoms with E-state index >= 15 is 0 Å². The first kappa shape index (κ1) is 18.1. The third-order valence-corrected chi connectivity index (χ3v) is 4.97. The van der Waals surface area contributed by atoms with Crippen LogP contribution in [0.25, 0.3) is 0 Å². The smallest absolute Gasteiger partial charge is 0.160 e. The first-order valence-electron chi connectivity index (χ1n) is 8.86. The first-order valence-corrected chi connectivity index (χ1v) is 8.86. The molecule has 4 heteroatoms. The van der Waals surface area contributed by atoms with Gasteiger partial charge < -0.3 is 20.1 Å². The Bertz CT molecular complexity index is 478. The molecule has 23 heavy (non-hydrogen) atoms. The molecule has 0 aliphatic carbocycles. The molecule has 1 fully saturated rings. The molecule has 0 radical (unpaired) electrons. The molecule has 0 amide bonds. The number of methoxy groups -OCH3 is 2.